The average Bonchev–Trinajstić information content (AvgIpc) is 2.98. The monoisotopic (exact) mass is 427 g/mol. The van der Waals surface area contributed by atoms with Crippen molar-refractivity contribution >= 4 is 28.5 Å². The number of ether oxygens (including phenoxy) is 1. The van der Waals surface area contributed by atoms with Crippen LogP contribution >= 0.6 is 11.8 Å². The van der Waals surface area contributed by atoms with Crippen molar-refractivity contribution < 1.29 is 4.74 Å². The maximum atomic E-state index is 5.67. The maximum Gasteiger partial charge on any atom is 0.123 e. The molecule has 1 aromatic heterocycles. The van der Waals surface area contributed by atoms with Crippen LogP contribution in [0, 0.1) is 6.92 Å². The van der Waals surface area contributed by atoms with Gasteiger partial charge in [-0.3, -0.25) is 9.97 Å². The molecule has 0 bridgehead atoms. The lowest BCUT2D eigenvalue weighted by Crippen LogP contribution is -2.24. The molecule has 156 valence electrons. The molecule has 3 aromatic carbocycles. The molecule has 0 fully saturated rings. The number of aromatic nitrogens is 2. The molecule has 0 N–H and O–H groups in total. The Kier molecular flexibility index (Phi) is 5.51. The molecule has 5 rings (SSSR count). The lowest BCUT2D eigenvalue weighted by atomic mass is 10.1. The zero-order valence-electron chi connectivity index (χ0n) is 17.8. The van der Waals surface area contributed by atoms with Gasteiger partial charge in [-0.2, -0.15) is 0 Å². The van der Waals surface area contributed by atoms with Gasteiger partial charge >= 0.3 is 0 Å². The standard InChI is InChI=1S/C26H25N3OS/c1-18-7-10-23-26(15-18)31-25(20-5-3-4-6-24(20)30-2)11-14-29(23)17-19-8-9-21-22(16-19)28-13-12-27-21/h3-10,12-13,15-16,25H,11,14,17H2,1-2H3/t25-/m0/s1. The molecule has 2 heterocycles. The van der Waals surface area contributed by atoms with E-state index in [0.717, 1.165) is 36.3 Å². The Morgan fingerprint density at radius 3 is 2.71 bits per heavy atom. The third-order valence-corrected chi connectivity index (χ3v) is 7.13. The Balaban J connectivity index is 1.49. The number of hydrogen-bond acceptors (Lipinski definition) is 5. The van der Waals surface area contributed by atoms with Crippen LogP contribution in [-0.2, 0) is 6.54 Å². The molecule has 4 aromatic rings. The van der Waals surface area contributed by atoms with Gasteiger partial charge in [-0.1, -0.05) is 30.3 Å². The van der Waals surface area contributed by atoms with Gasteiger partial charge in [-0.25, -0.2) is 0 Å². The fourth-order valence-corrected chi connectivity index (χ4v) is 5.65. The van der Waals surface area contributed by atoms with Crippen molar-refractivity contribution in [3.63, 3.8) is 0 Å². The minimum atomic E-state index is 0.351. The fourth-order valence-electron chi connectivity index (χ4n) is 4.23. The summed E-state index contributed by atoms with van der Waals surface area (Å²) in [4.78, 5) is 12.7. The Morgan fingerprint density at radius 2 is 1.84 bits per heavy atom. The normalized spacial score (nSPS) is 16.1. The summed E-state index contributed by atoms with van der Waals surface area (Å²) in [5, 5.41) is 0.351. The van der Waals surface area contributed by atoms with E-state index < -0.39 is 0 Å². The van der Waals surface area contributed by atoms with Crippen LogP contribution < -0.4 is 9.64 Å². The van der Waals surface area contributed by atoms with Crippen LogP contribution in [0.2, 0.25) is 0 Å². The van der Waals surface area contributed by atoms with E-state index in [4.69, 9.17) is 4.74 Å². The summed E-state index contributed by atoms with van der Waals surface area (Å²) in [6.45, 7) is 3.99. The number of hydrogen-bond donors (Lipinski definition) is 0. The third-order valence-electron chi connectivity index (χ3n) is 5.78. The molecule has 1 aliphatic heterocycles. The Morgan fingerprint density at radius 1 is 1.00 bits per heavy atom. The molecule has 31 heavy (non-hydrogen) atoms. The lowest BCUT2D eigenvalue weighted by Gasteiger charge is -2.25. The molecular weight excluding hydrogens is 402 g/mol. The molecule has 0 saturated carbocycles. The summed E-state index contributed by atoms with van der Waals surface area (Å²) in [6, 6.07) is 21.6. The smallest absolute Gasteiger partial charge is 0.123 e. The number of rotatable bonds is 4. The second kappa shape index (κ2) is 8.60. The molecule has 0 radical (unpaired) electrons. The van der Waals surface area contributed by atoms with Gasteiger partial charge in [0.15, 0.2) is 0 Å². The van der Waals surface area contributed by atoms with Gasteiger partial charge < -0.3 is 9.64 Å². The van der Waals surface area contributed by atoms with E-state index in [1.165, 1.54) is 27.3 Å². The number of nitrogens with zero attached hydrogens (tertiary/aromatic N) is 3. The first kappa shape index (κ1) is 19.9. The van der Waals surface area contributed by atoms with Crippen LogP contribution in [0.1, 0.15) is 28.4 Å². The molecule has 4 nitrogen and oxygen atoms in total. The van der Waals surface area contributed by atoms with E-state index in [2.05, 4.69) is 76.4 Å². The topological polar surface area (TPSA) is 38.2 Å². The van der Waals surface area contributed by atoms with Gasteiger partial charge in [-0.05, 0) is 54.8 Å². The quantitative estimate of drug-likeness (QED) is 0.388. The van der Waals surface area contributed by atoms with Gasteiger partial charge in [0.25, 0.3) is 0 Å². The highest BCUT2D eigenvalue weighted by Crippen LogP contribution is 2.47. The highest BCUT2D eigenvalue weighted by Gasteiger charge is 2.25. The first-order valence-electron chi connectivity index (χ1n) is 10.6. The summed E-state index contributed by atoms with van der Waals surface area (Å²) in [6.07, 6.45) is 4.54. The first-order chi connectivity index (χ1) is 15.2. The van der Waals surface area contributed by atoms with E-state index in [1.807, 2.05) is 17.8 Å². The van der Waals surface area contributed by atoms with E-state index in [-0.39, 0.29) is 0 Å². The predicted molar refractivity (Wildman–Crippen MR) is 128 cm³/mol. The molecule has 1 atom stereocenters. The van der Waals surface area contributed by atoms with E-state index in [1.54, 1.807) is 19.5 Å². The summed E-state index contributed by atoms with van der Waals surface area (Å²) in [5.74, 6) is 0.968. The molecule has 0 aliphatic carbocycles. The Bertz CT molecular complexity index is 1230. The maximum absolute atomic E-state index is 5.67. The van der Waals surface area contributed by atoms with E-state index in [0.29, 0.717) is 5.25 Å². The van der Waals surface area contributed by atoms with Crippen LogP contribution in [0.4, 0.5) is 5.69 Å². The number of para-hydroxylation sites is 1. The van der Waals surface area contributed by atoms with Crippen LogP contribution in [0.15, 0.2) is 78.0 Å². The third kappa shape index (κ3) is 4.10. The van der Waals surface area contributed by atoms with Crippen molar-refractivity contribution in [2.45, 2.75) is 30.0 Å². The zero-order valence-corrected chi connectivity index (χ0v) is 18.6. The first-order valence-corrected chi connectivity index (χ1v) is 11.4. The summed E-state index contributed by atoms with van der Waals surface area (Å²) >= 11 is 1.95. The summed E-state index contributed by atoms with van der Waals surface area (Å²) < 4.78 is 5.67. The number of anilines is 1. The largest absolute Gasteiger partial charge is 0.496 e. The molecular formula is C26H25N3OS. The molecule has 0 saturated heterocycles. The van der Waals surface area contributed by atoms with Gasteiger partial charge in [0.1, 0.15) is 5.75 Å². The predicted octanol–water partition coefficient (Wildman–Crippen LogP) is 6.19. The fraction of sp³-hybridized carbons (Fsp3) is 0.231. The SMILES string of the molecule is COc1ccccc1[C@@H]1CCN(Cc2ccc3nccnc3c2)c2ccc(C)cc2S1. The number of methoxy groups -OCH3 is 1. The summed E-state index contributed by atoms with van der Waals surface area (Å²) in [5.41, 5.74) is 6.98. The van der Waals surface area contributed by atoms with Crippen LogP contribution in [0.25, 0.3) is 11.0 Å². The van der Waals surface area contributed by atoms with Crippen molar-refractivity contribution in [3.8, 4) is 5.75 Å². The van der Waals surface area contributed by atoms with E-state index >= 15 is 0 Å². The van der Waals surface area contributed by atoms with Crippen molar-refractivity contribution in [3.05, 3.63) is 89.7 Å². The number of fused-ring (bicyclic) bond motifs is 2. The molecule has 0 amide bonds. The second-order valence-electron chi connectivity index (χ2n) is 7.91. The average molecular weight is 428 g/mol. The van der Waals surface area contributed by atoms with Crippen molar-refractivity contribution in [1.29, 1.82) is 0 Å². The van der Waals surface area contributed by atoms with Crippen LogP contribution in [-0.4, -0.2) is 23.6 Å². The number of thioether (sulfide) groups is 1. The molecule has 1 aliphatic rings. The molecule has 5 heteroatoms. The molecule has 0 spiro atoms. The van der Waals surface area contributed by atoms with Crippen molar-refractivity contribution in [1.82, 2.24) is 9.97 Å². The minimum Gasteiger partial charge on any atom is -0.496 e. The van der Waals surface area contributed by atoms with E-state index in [9.17, 15) is 0 Å². The summed E-state index contributed by atoms with van der Waals surface area (Å²) in [7, 11) is 1.76. The van der Waals surface area contributed by atoms with Gasteiger partial charge in [-0.15, -0.1) is 11.8 Å². The second-order valence-corrected chi connectivity index (χ2v) is 9.15. The van der Waals surface area contributed by atoms with Gasteiger partial charge in [0, 0.05) is 41.2 Å². The highest BCUT2D eigenvalue weighted by molar-refractivity contribution is 7.99. The van der Waals surface area contributed by atoms with Crippen LogP contribution in [0.5, 0.6) is 5.75 Å². The van der Waals surface area contributed by atoms with Gasteiger partial charge in [0.05, 0.1) is 23.8 Å². The highest BCUT2D eigenvalue weighted by atomic mass is 32.2. The zero-order chi connectivity index (χ0) is 21.2. The van der Waals surface area contributed by atoms with Crippen molar-refractivity contribution in [2.75, 3.05) is 18.6 Å². The lowest BCUT2D eigenvalue weighted by molar-refractivity contribution is 0.409. The number of aryl methyl sites for hydroxylation is 1. The number of benzene rings is 3. The Hall–Kier alpha value is -3.05. The van der Waals surface area contributed by atoms with Crippen molar-refractivity contribution in [2.24, 2.45) is 0 Å². The minimum absolute atomic E-state index is 0.351. The van der Waals surface area contributed by atoms with Crippen LogP contribution in [0.3, 0.4) is 0 Å². The Labute approximate surface area is 187 Å². The van der Waals surface area contributed by atoms with Gasteiger partial charge in [0.2, 0.25) is 0 Å². The molecule has 0 unspecified atom stereocenters.